The van der Waals surface area contributed by atoms with E-state index in [0.29, 0.717) is 29.9 Å². The Balaban J connectivity index is 1.61. The third-order valence-electron chi connectivity index (χ3n) is 5.78. The number of pyridine rings is 1. The second-order valence-corrected chi connectivity index (χ2v) is 8.25. The smallest absolute Gasteiger partial charge is 0.277 e. The van der Waals surface area contributed by atoms with Crippen molar-refractivity contribution in [1.29, 1.82) is 0 Å². The zero-order valence-electron chi connectivity index (χ0n) is 18.4. The number of fused-ring (bicyclic) bond motifs is 1. The maximum Gasteiger partial charge on any atom is 0.277 e. The molecule has 1 atom stereocenters. The molecule has 5 rings (SSSR count). The summed E-state index contributed by atoms with van der Waals surface area (Å²) < 4.78 is 20.2. The molecule has 1 unspecified atom stereocenters. The first kappa shape index (κ1) is 22.0. The van der Waals surface area contributed by atoms with Gasteiger partial charge in [-0.05, 0) is 36.8 Å². The van der Waals surface area contributed by atoms with Gasteiger partial charge in [-0.25, -0.2) is 14.4 Å². The third kappa shape index (κ3) is 4.01. The molecule has 0 radical (unpaired) electrons. The highest BCUT2D eigenvalue weighted by Gasteiger charge is 2.36. The van der Waals surface area contributed by atoms with Crippen LogP contribution < -0.4 is 4.74 Å². The third-order valence-corrected chi connectivity index (χ3v) is 6.08. The van der Waals surface area contributed by atoms with Crippen molar-refractivity contribution >= 4 is 34.1 Å². The summed E-state index contributed by atoms with van der Waals surface area (Å²) in [5, 5.41) is 7.03. The maximum atomic E-state index is 14.5. The number of ether oxygens (including phenoxy) is 1. The molecule has 34 heavy (non-hydrogen) atoms. The summed E-state index contributed by atoms with van der Waals surface area (Å²) >= 11 is 6.67. The minimum Gasteiger partial charge on any atom is -0.492 e. The topological polar surface area (TPSA) is 54.8 Å². The van der Waals surface area contributed by atoms with Crippen molar-refractivity contribution < 1.29 is 13.9 Å². The highest BCUT2D eigenvalue weighted by atomic mass is 35.5. The van der Waals surface area contributed by atoms with Gasteiger partial charge in [0, 0.05) is 17.4 Å². The average molecular weight is 474 g/mol. The van der Waals surface area contributed by atoms with Gasteiger partial charge in [-0.3, -0.25) is 4.79 Å². The van der Waals surface area contributed by atoms with E-state index in [0.717, 1.165) is 16.7 Å². The van der Waals surface area contributed by atoms with E-state index in [4.69, 9.17) is 16.3 Å². The normalized spacial score (nSPS) is 15.4. The fourth-order valence-electron chi connectivity index (χ4n) is 4.17. The van der Waals surface area contributed by atoms with Gasteiger partial charge in [-0.2, -0.15) is 5.10 Å². The van der Waals surface area contributed by atoms with Gasteiger partial charge in [0.05, 0.1) is 23.9 Å². The van der Waals surface area contributed by atoms with E-state index in [1.165, 1.54) is 17.1 Å². The van der Waals surface area contributed by atoms with Gasteiger partial charge in [0.1, 0.15) is 22.2 Å². The van der Waals surface area contributed by atoms with Crippen molar-refractivity contribution in [2.75, 3.05) is 6.61 Å². The molecule has 0 fully saturated rings. The first-order valence-electron chi connectivity index (χ1n) is 11.0. The van der Waals surface area contributed by atoms with Crippen LogP contribution in [0.25, 0.3) is 10.9 Å². The van der Waals surface area contributed by atoms with E-state index >= 15 is 0 Å². The Kier molecular flexibility index (Phi) is 5.99. The molecule has 1 aliphatic rings. The lowest BCUT2D eigenvalue weighted by atomic mass is 9.98. The second kappa shape index (κ2) is 9.23. The minimum absolute atomic E-state index is 0.0472. The quantitative estimate of drug-likeness (QED) is 0.314. The van der Waals surface area contributed by atoms with E-state index in [1.807, 2.05) is 61.5 Å². The Labute approximate surface area is 201 Å². The van der Waals surface area contributed by atoms with Gasteiger partial charge in [0.15, 0.2) is 0 Å². The van der Waals surface area contributed by atoms with Crippen LogP contribution in [0.4, 0.5) is 4.39 Å². The van der Waals surface area contributed by atoms with E-state index in [2.05, 4.69) is 10.1 Å². The van der Waals surface area contributed by atoms with Gasteiger partial charge >= 0.3 is 0 Å². The van der Waals surface area contributed by atoms with Gasteiger partial charge in [-0.1, -0.05) is 66.2 Å². The summed E-state index contributed by atoms with van der Waals surface area (Å²) in [5.41, 5.74) is 2.85. The Hall–Kier alpha value is -3.77. The minimum atomic E-state index is -0.598. The van der Waals surface area contributed by atoms with Gasteiger partial charge in [0.2, 0.25) is 0 Å². The number of hydrogen-bond donors (Lipinski definition) is 0. The van der Waals surface area contributed by atoms with E-state index < -0.39 is 17.8 Å². The van der Waals surface area contributed by atoms with Crippen LogP contribution in [0.3, 0.4) is 0 Å². The number of benzene rings is 3. The number of aromatic nitrogens is 1. The van der Waals surface area contributed by atoms with Crippen LogP contribution in [0.5, 0.6) is 5.75 Å². The van der Waals surface area contributed by atoms with Crippen LogP contribution in [0, 0.1) is 5.82 Å². The molecule has 3 aromatic carbocycles. The first-order chi connectivity index (χ1) is 16.6. The molecule has 170 valence electrons. The molecule has 0 saturated carbocycles. The van der Waals surface area contributed by atoms with E-state index in [-0.39, 0.29) is 10.7 Å². The lowest BCUT2D eigenvalue weighted by molar-refractivity contribution is 0.0706. The largest absolute Gasteiger partial charge is 0.492 e. The van der Waals surface area contributed by atoms with Gasteiger partial charge in [-0.15, -0.1) is 0 Å². The summed E-state index contributed by atoms with van der Waals surface area (Å²) in [6, 6.07) is 22.5. The number of carbonyl (C=O) groups excluding carboxylic acids is 1. The highest BCUT2D eigenvalue weighted by Crippen LogP contribution is 2.39. The van der Waals surface area contributed by atoms with Gasteiger partial charge in [0.25, 0.3) is 5.91 Å². The molecule has 0 bridgehead atoms. The number of hydrazone groups is 1. The molecule has 0 aliphatic carbocycles. The molecular formula is C27H21ClFN3O2. The summed E-state index contributed by atoms with van der Waals surface area (Å²) in [6.45, 7) is 2.41. The molecule has 0 spiro atoms. The predicted octanol–water partition coefficient (Wildman–Crippen LogP) is 6.42. The average Bonchev–Trinajstić information content (AvgIpc) is 3.30. The molecule has 0 N–H and O–H groups in total. The number of hydrogen-bond acceptors (Lipinski definition) is 4. The van der Waals surface area contributed by atoms with Crippen molar-refractivity contribution in [1.82, 2.24) is 9.99 Å². The molecule has 5 nitrogen and oxygen atoms in total. The van der Waals surface area contributed by atoms with Crippen LogP contribution in [0.1, 0.15) is 40.9 Å². The van der Waals surface area contributed by atoms with Crippen LogP contribution in [0.2, 0.25) is 5.15 Å². The van der Waals surface area contributed by atoms with Crippen LogP contribution >= 0.6 is 11.6 Å². The Morgan fingerprint density at radius 2 is 1.85 bits per heavy atom. The Bertz CT molecular complexity index is 1410. The molecule has 2 heterocycles. The first-order valence-corrected chi connectivity index (χ1v) is 11.4. The fourth-order valence-corrected chi connectivity index (χ4v) is 4.44. The number of carbonyl (C=O) groups is 1. The maximum absolute atomic E-state index is 14.5. The molecule has 0 saturated heterocycles. The zero-order chi connectivity index (χ0) is 23.7. The number of para-hydroxylation sites is 1. The predicted molar refractivity (Wildman–Crippen MR) is 131 cm³/mol. The molecule has 1 amide bonds. The van der Waals surface area contributed by atoms with Crippen molar-refractivity contribution in [2.24, 2.45) is 5.10 Å². The summed E-state index contributed by atoms with van der Waals surface area (Å²) in [6.07, 6.45) is 0.419. The zero-order valence-corrected chi connectivity index (χ0v) is 19.2. The van der Waals surface area contributed by atoms with Crippen LogP contribution in [-0.4, -0.2) is 28.2 Å². The number of halogens is 2. The monoisotopic (exact) mass is 473 g/mol. The van der Waals surface area contributed by atoms with E-state index in [9.17, 15) is 9.18 Å². The van der Waals surface area contributed by atoms with Crippen molar-refractivity contribution in [3.05, 3.63) is 107 Å². The molecule has 1 aliphatic heterocycles. The fraction of sp³-hybridized carbons (Fsp3) is 0.148. The molecule has 7 heteroatoms. The summed E-state index contributed by atoms with van der Waals surface area (Å²) in [5.74, 6) is -0.493. The molecule has 4 aromatic rings. The van der Waals surface area contributed by atoms with Gasteiger partial charge < -0.3 is 4.74 Å². The number of nitrogens with zero attached hydrogens (tertiary/aromatic N) is 3. The standard InChI is InChI=1S/C27H21ClFN3O2/c1-2-34-24-14-8-11-18-15-20(26(28)30-25(18)24)23-16-22(17-9-4-3-5-10-17)31-32(23)27(33)19-12-6-7-13-21(19)29/h3-15,23H,2,16H2,1H3. The van der Waals surface area contributed by atoms with Crippen LogP contribution in [-0.2, 0) is 0 Å². The Morgan fingerprint density at radius 1 is 1.09 bits per heavy atom. The van der Waals surface area contributed by atoms with Crippen molar-refractivity contribution in [3.8, 4) is 5.75 Å². The van der Waals surface area contributed by atoms with Crippen molar-refractivity contribution in [3.63, 3.8) is 0 Å². The number of amides is 1. The highest BCUT2D eigenvalue weighted by molar-refractivity contribution is 6.30. The SMILES string of the molecule is CCOc1cccc2cc(C3CC(c4ccccc4)=NN3C(=O)c3ccccc3F)c(Cl)nc12. The lowest BCUT2D eigenvalue weighted by Crippen LogP contribution is -2.28. The summed E-state index contributed by atoms with van der Waals surface area (Å²) in [4.78, 5) is 18.0. The van der Waals surface area contributed by atoms with E-state index in [1.54, 1.807) is 12.1 Å². The molecule has 1 aromatic heterocycles. The summed E-state index contributed by atoms with van der Waals surface area (Å²) in [7, 11) is 0. The lowest BCUT2D eigenvalue weighted by Gasteiger charge is -2.23. The number of rotatable bonds is 5. The second-order valence-electron chi connectivity index (χ2n) is 7.89. The Morgan fingerprint density at radius 3 is 2.62 bits per heavy atom. The van der Waals surface area contributed by atoms with Crippen molar-refractivity contribution in [2.45, 2.75) is 19.4 Å². The van der Waals surface area contributed by atoms with Crippen LogP contribution in [0.15, 0.2) is 84.0 Å². The molecular weight excluding hydrogens is 453 g/mol.